The molecule has 1 aromatic rings. The molecule has 1 saturated carbocycles. The van der Waals surface area contributed by atoms with Crippen molar-refractivity contribution in [3.8, 4) is 0 Å². The first-order chi connectivity index (χ1) is 10.6. The Morgan fingerprint density at radius 2 is 1.95 bits per heavy atom. The summed E-state index contributed by atoms with van der Waals surface area (Å²) in [4.78, 5) is 36.6. The molecule has 2 aliphatic heterocycles. The zero-order valence-electron chi connectivity index (χ0n) is 11.8. The van der Waals surface area contributed by atoms with Gasteiger partial charge in [0.1, 0.15) is 18.3 Å². The number of aldehydes is 1. The van der Waals surface area contributed by atoms with Crippen LogP contribution in [0.2, 0.25) is 0 Å². The number of nitrogens with zero attached hydrogens (tertiary/aromatic N) is 1. The number of fused-ring (bicyclic) bond motifs is 1. The summed E-state index contributed by atoms with van der Waals surface area (Å²) >= 11 is 0. The maximum Gasteiger partial charge on any atom is 0.330 e. The number of aromatic nitrogens is 2. The summed E-state index contributed by atoms with van der Waals surface area (Å²) in [6.07, 6.45) is 2.95. The van der Waals surface area contributed by atoms with Crippen LogP contribution in [0.5, 0.6) is 0 Å². The fourth-order valence-corrected chi connectivity index (χ4v) is 3.56. The topological polar surface area (TPSA) is 99.6 Å². The number of carbonyl (C=O) groups is 1. The van der Waals surface area contributed by atoms with Gasteiger partial charge in [0.25, 0.3) is 5.56 Å². The van der Waals surface area contributed by atoms with Crippen LogP contribution in [0.4, 0.5) is 0 Å². The Labute approximate surface area is 125 Å². The molecule has 22 heavy (non-hydrogen) atoms. The second kappa shape index (κ2) is 4.87. The van der Waals surface area contributed by atoms with E-state index in [0.717, 1.165) is 25.7 Å². The number of aromatic amines is 1. The van der Waals surface area contributed by atoms with Gasteiger partial charge >= 0.3 is 5.69 Å². The minimum Gasteiger partial charge on any atom is -0.341 e. The lowest BCUT2D eigenvalue weighted by Gasteiger charge is -2.26. The molecule has 0 aromatic carbocycles. The van der Waals surface area contributed by atoms with Gasteiger partial charge in [-0.1, -0.05) is 0 Å². The van der Waals surface area contributed by atoms with Crippen molar-refractivity contribution in [1.82, 2.24) is 9.55 Å². The van der Waals surface area contributed by atoms with Gasteiger partial charge in [-0.05, 0) is 12.8 Å². The molecule has 2 saturated heterocycles. The van der Waals surface area contributed by atoms with Crippen molar-refractivity contribution in [3.63, 3.8) is 0 Å². The number of hydrogen-bond acceptors (Lipinski definition) is 6. The van der Waals surface area contributed by atoms with Crippen molar-refractivity contribution in [2.75, 3.05) is 0 Å². The van der Waals surface area contributed by atoms with Crippen LogP contribution in [-0.4, -0.2) is 39.9 Å². The molecule has 4 atom stereocenters. The predicted molar refractivity (Wildman–Crippen MR) is 72.2 cm³/mol. The van der Waals surface area contributed by atoms with E-state index in [-0.39, 0.29) is 0 Å². The number of hydrogen-bond donors (Lipinski definition) is 1. The lowest BCUT2D eigenvalue weighted by Crippen LogP contribution is -2.37. The van der Waals surface area contributed by atoms with Crippen LogP contribution in [-0.2, 0) is 19.0 Å². The molecule has 1 spiro atoms. The molecule has 0 bridgehead atoms. The highest BCUT2D eigenvalue weighted by atomic mass is 16.8. The average molecular weight is 308 g/mol. The molecule has 1 N–H and O–H groups in total. The minimum atomic E-state index is -0.787. The van der Waals surface area contributed by atoms with E-state index >= 15 is 0 Å². The molecule has 3 heterocycles. The van der Waals surface area contributed by atoms with Crippen LogP contribution >= 0.6 is 0 Å². The Morgan fingerprint density at radius 3 is 2.64 bits per heavy atom. The molecular formula is C14H16N2O6. The molecule has 118 valence electrons. The zero-order chi connectivity index (χ0) is 15.3. The maximum absolute atomic E-state index is 12.0. The third-order valence-corrected chi connectivity index (χ3v) is 4.55. The fraction of sp³-hybridized carbons (Fsp3) is 0.643. The van der Waals surface area contributed by atoms with E-state index in [4.69, 9.17) is 14.2 Å². The molecule has 4 unspecified atom stereocenters. The first-order valence-electron chi connectivity index (χ1n) is 7.40. The van der Waals surface area contributed by atoms with Gasteiger partial charge in [-0.2, -0.15) is 0 Å². The van der Waals surface area contributed by atoms with Crippen LogP contribution < -0.4 is 11.2 Å². The highest BCUT2D eigenvalue weighted by Crippen LogP contribution is 2.48. The van der Waals surface area contributed by atoms with Crippen molar-refractivity contribution in [2.24, 2.45) is 0 Å². The summed E-state index contributed by atoms with van der Waals surface area (Å²) in [5.41, 5.74) is -1.09. The lowest BCUT2D eigenvalue weighted by molar-refractivity contribution is -0.211. The summed E-state index contributed by atoms with van der Waals surface area (Å²) in [5.74, 6) is -0.662. The van der Waals surface area contributed by atoms with E-state index in [1.165, 1.54) is 16.8 Å². The van der Waals surface area contributed by atoms with E-state index in [2.05, 4.69) is 4.98 Å². The second-order valence-corrected chi connectivity index (χ2v) is 5.93. The quantitative estimate of drug-likeness (QED) is 0.752. The number of ether oxygens (including phenoxy) is 3. The molecule has 0 amide bonds. The van der Waals surface area contributed by atoms with Crippen molar-refractivity contribution < 1.29 is 19.0 Å². The van der Waals surface area contributed by atoms with Gasteiger partial charge < -0.3 is 19.0 Å². The van der Waals surface area contributed by atoms with Gasteiger partial charge in [0.2, 0.25) is 0 Å². The summed E-state index contributed by atoms with van der Waals surface area (Å²) in [7, 11) is 0. The number of nitrogens with one attached hydrogen (secondary N) is 1. The van der Waals surface area contributed by atoms with Gasteiger partial charge in [-0.3, -0.25) is 14.3 Å². The fourth-order valence-electron chi connectivity index (χ4n) is 3.56. The van der Waals surface area contributed by atoms with Crippen molar-refractivity contribution >= 4 is 6.29 Å². The number of H-pyrrole nitrogens is 1. The summed E-state index contributed by atoms with van der Waals surface area (Å²) < 4.78 is 18.9. The molecule has 1 aliphatic carbocycles. The molecule has 8 heteroatoms. The zero-order valence-corrected chi connectivity index (χ0v) is 11.8. The van der Waals surface area contributed by atoms with Crippen molar-refractivity contribution in [1.29, 1.82) is 0 Å². The third-order valence-electron chi connectivity index (χ3n) is 4.55. The molecule has 3 fully saturated rings. The SMILES string of the molecule is O=CC1OC(n2ccc(=O)[nH]c2=O)C2OC3(CCCC3)OC12. The number of carbonyl (C=O) groups excluding carboxylic acids is 1. The standard InChI is InChI=1S/C14H16N2O6/c17-7-8-10-11(22-14(21-10)4-1-2-5-14)12(20-8)16-6-3-9(18)15-13(16)19/h3,6-8,10-12H,1-2,4-5H2,(H,15,18,19). The third kappa shape index (κ3) is 1.98. The van der Waals surface area contributed by atoms with E-state index in [0.29, 0.717) is 6.29 Å². The summed E-state index contributed by atoms with van der Waals surface area (Å²) in [5, 5.41) is 0. The molecule has 1 aromatic heterocycles. The van der Waals surface area contributed by atoms with Gasteiger partial charge in [0.15, 0.2) is 18.3 Å². The van der Waals surface area contributed by atoms with E-state index in [9.17, 15) is 14.4 Å². The first-order valence-corrected chi connectivity index (χ1v) is 7.40. The Bertz CT molecular complexity index is 704. The summed E-state index contributed by atoms with van der Waals surface area (Å²) in [6.45, 7) is 0. The average Bonchev–Trinajstić information content (AvgIpc) is 3.16. The van der Waals surface area contributed by atoms with E-state index in [1.54, 1.807) is 0 Å². The molecule has 4 rings (SSSR count). The highest BCUT2D eigenvalue weighted by molar-refractivity contribution is 5.58. The van der Waals surface area contributed by atoms with Crippen LogP contribution in [0.25, 0.3) is 0 Å². The molecular weight excluding hydrogens is 292 g/mol. The smallest absolute Gasteiger partial charge is 0.330 e. The Hall–Kier alpha value is -1.77. The molecule has 8 nitrogen and oxygen atoms in total. The second-order valence-electron chi connectivity index (χ2n) is 5.93. The largest absolute Gasteiger partial charge is 0.341 e. The molecule has 3 aliphatic rings. The van der Waals surface area contributed by atoms with Crippen LogP contribution in [0, 0.1) is 0 Å². The van der Waals surface area contributed by atoms with Gasteiger partial charge in [-0.15, -0.1) is 0 Å². The first kappa shape index (κ1) is 13.9. The monoisotopic (exact) mass is 308 g/mol. The summed E-state index contributed by atoms with van der Waals surface area (Å²) in [6, 6.07) is 1.23. The van der Waals surface area contributed by atoms with Gasteiger partial charge in [-0.25, -0.2) is 4.79 Å². The Balaban J connectivity index is 1.70. The van der Waals surface area contributed by atoms with Crippen LogP contribution in [0.1, 0.15) is 31.9 Å². The van der Waals surface area contributed by atoms with Crippen molar-refractivity contribution in [2.45, 2.75) is 56.0 Å². The Morgan fingerprint density at radius 1 is 1.23 bits per heavy atom. The molecule has 0 radical (unpaired) electrons. The highest BCUT2D eigenvalue weighted by Gasteiger charge is 2.59. The van der Waals surface area contributed by atoms with Crippen molar-refractivity contribution in [3.05, 3.63) is 33.1 Å². The van der Waals surface area contributed by atoms with E-state index in [1.807, 2.05) is 0 Å². The maximum atomic E-state index is 12.0. The van der Waals surface area contributed by atoms with Crippen LogP contribution in [0.15, 0.2) is 21.9 Å². The lowest BCUT2D eigenvalue weighted by atomic mass is 10.1. The predicted octanol–water partition coefficient (Wildman–Crippen LogP) is -0.313. The normalized spacial score (nSPS) is 35.8. The van der Waals surface area contributed by atoms with Gasteiger partial charge in [0, 0.05) is 25.1 Å². The Kier molecular flexibility index (Phi) is 3.07. The minimum absolute atomic E-state index is 0.487. The van der Waals surface area contributed by atoms with Gasteiger partial charge in [0.05, 0.1) is 0 Å². The number of rotatable bonds is 2. The van der Waals surface area contributed by atoms with Crippen LogP contribution in [0.3, 0.4) is 0 Å². The van der Waals surface area contributed by atoms with E-state index < -0.39 is 41.6 Å².